The van der Waals surface area contributed by atoms with Crippen LogP contribution in [0.2, 0.25) is 5.02 Å². The minimum Gasteiger partial charge on any atom is -0.494 e. The number of aliphatic hydroxyl groups excluding tert-OH is 1. The monoisotopic (exact) mass is 702 g/mol. The molecule has 2 aliphatic rings. The van der Waals surface area contributed by atoms with E-state index in [1.54, 1.807) is 43.3 Å². The highest BCUT2D eigenvalue weighted by Gasteiger charge is 2.29. The molecule has 0 radical (unpaired) electrons. The smallest absolute Gasteiger partial charge is 0.333 e. The van der Waals surface area contributed by atoms with E-state index < -0.39 is 10.3 Å². The molecule has 1 fully saturated rings. The quantitative estimate of drug-likeness (QED) is 0.192. The first-order valence-electron chi connectivity index (χ1n) is 15.9. The summed E-state index contributed by atoms with van der Waals surface area (Å²) in [6.07, 6.45) is 5.13. The molecule has 0 saturated carbocycles. The van der Waals surface area contributed by atoms with Crippen LogP contribution in [0.4, 0.5) is 23.1 Å². The van der Waals surface area contributed by atoms with Gasteiger partial charge >= 0.3 is 10.3 Å². The number of piperazine rings is 1. The summed E-state index contributed by atoms with van der Waals surface area (Å²) < 4.78 is 34.3. The van der Waals surface area contributed by atoms with E-state index in [2.05, 4.69) is 31.5 Å². The molecule has 48 heavy (non-hydrogen) atoms. The molecule has 1 aliphatic heterocycles. The second kappa shape index (κ2) is 16.2. The van der Waals surface area contributed by atoms with Crippen LogP contribution in [0, 0.1) is 0 Å². The average molecular weight is 703 g/mol. The van der Waals surface area contributed by atoms with Crippen molar-refractivity contribution in [2.24, 2.45) is 5.14 Å². The average Bonchev–Trinajstić information content (AvgIpc) is 3.30. The summed E-state index contributed by atoms with van der Waals surface area (Å²) in [5.41, 5.74) is 3.79. The Hall–Kier alpha value is -3.57. The first-order valence-corrected chi connectivity index (χ1v) is 17.8. The van der Waals surface area contributed by atoms with E-state index in [1.807, 2.05) is 6.07 Å². The lowest BCUT2D eigenvalue weighted by Gasteiger charge is -2.39. The molecule has 0 bridgehead atoms. The third-order valence-corrected chi connectivity index (χ3v) is 9.55. The number of nitrogens with two attached hydrogens (primary N) is 1. The Bertz CT molecular complexity index is 1690. The minimum absolute atomic E-state index is 0.0161. The second-order valence-electron chi connectivity index (χ2n) is 11.7. The van der Waals surface area contributed by atoms with Gasteiger partial charge in [-0.3, -0.25) is 18.8 Å². The Balaban J connectivity index is 1.47. The van der Waals surface area contributed by atoms with E-state index in [-0.39, 0.29) is 42.5 Å². The number of amides is 1. The molecule has 1 amide bonds. The van der Waals surface area contributed by atoms with E-state index in [9.17, 15) is 18.3 Å². The van der Waals surface area contributed by atoms with Crippen molar-refractivity contribution < 1.29 is 27.2 Å². The third kappa shape index (κ3) is 8.71. The topological polar surface area (TPSA) is 175 Å². The van der Waals surface area contributed by atoms with Gasteiger partial charge in [0.2, 0.25) is 5.95 Å². The van der Waals surface area contributed by atoms with Gasteiger partial charge < -0.3 is 25.4 Å². The summed E-state index contributed by atoms with van der Waals surface area (Å²) in [6, 6.07) is 11.4. The van der Waals surface area contributed by atoms with Gasteiger partial charge in [0.25, 0.3) is 5.91 Å². The number of carbonyl (C=O) groups excluding carboxylic acids is 1. The molecule has 3 aromatic rings. The lowest BCUT2D eigenvalue weighted by atomic mass is 9.98. The predicted molar refractivity (Wildman–Crippen MR) is 185 cm³/mol. The van der Waals surface area contributed by atoms with Gasteiger partial charge in [-0.25, -0.2) is 10.1 Å². The number of para-hydroxylation sites is 1. The molecule has 1 atom stereocenters. The number of aromatic nitrogens is 2. The molecule has 1 saturated heterocycles. The molecule has 1 unspecified atom stereocenters. The Morgan fingerprint density at radius 1 is 1.19 bits per heavy atom. The van der Waals surface area contributed by atoms with Crippen molar-refractivity contribution in [2.75, 3.05) is 76.9 Å². The van der Waals surface area contributed by atoms with Crippen LogP contribution in [0.3, 0.4) is 0 Å². The first-order chi connectivity index (χ1) is 23.1. The van der Waals surface area contributed by atoms with Gasteiger partial charge in [-0.15, -0.1) is 0 Å². The van der Waals surface area contributed by atoms with Crippen molar-refractivity contribution in [2.45, 2.75) is 31.7 Å². The van der Waals surface area contributed by atoms with Crippen molar-refractivity contribution in [3.63, 3.8) is 0 Å². The van der Waals surface area contributed by atoms with Gasteiger partial charge in [-0.05, 0) is 55.0 Å². The Labute approximate surface area is 286 Å². The molecule has 1 aromatic heterocycles. The van der Waals surface area contributed by atoms with E-state index >= 15 is 0 Å². The molecule has 2 aromatic carbocycles. The van der Waals surface area contributed by atoms with Crippen LogP contribution in [0.1, 0.15) is 34.3 Å². The van der Waals surface area contributed by atoms with Crippen LogP contribution in [0.15, 0.2) is 42.6 Å². The van der Waals surface area contributed by atoms with Crippen molar-refractivity contribution in [1.29, 1.82) is 0 Å². The predicted octanol–water partition coefficient (Wildman–Crippen LogP) is 2.46. The fraction of sp³-hybridized carbons (Fsp3) is 0.469. The van der Waals surface area contributed by atoms with Crippen molar-refractivity contribution >= 4 is 51.0 Å². The van der Waals surface area contributed by atoms with Gasteiger partial charge in [-0.1, -0.05) is 29.8 Å². The maximum absolute atomic E-state index is 12.5. The normalized spacial score (nSPS) is 17.3. The summed E-state index contributed by atoms with van der Waals surface area (Å²) in [6.45, 7) is 4.43. The van der Waals surface area contributed by atoms with Crippen LogP contribution < -0.4 is 25.4 Å². The fourth-order valence-electron chi connectivity index (χ4n) is 6.44. The van der Waals surface area contributed by atoms with Crippen LogP contribution in [0.5, 0.6) is 5.75 Å². The molecule has 2 heterocycles. The Morgan fingerprint density at radius 3 is 2.67 bits per heavy atom. The van der Waals surface area contributed by atoms with Crippen molar-refractivity contribution in [3.05, 3.63) is 64.3 Å². The molecule has 5 rings (SSSR count). The number of rotatable bonds is 13. The molecule has 16 heteroatoms. The molecule has 1 aliphatic carbocycles. The number of aliphatic hydroxyl groups is 1. The van der Waals surface area contributed by atoms with Crippen molar-refractivity contribution in [3.8, 4) is 5.75 Å². The zero-order valence-electron chi connectivity index (χ0n) is 27.2. The third-order valence-electron chi connectivity index (χ3n) is 8.78. The van der Waals surface area contributed by atoms with E-state index in [1.165, 1.54) is 11.8 Å². The number of ether oxygens (including phenoxy) is 1. The number of methoxy groups -OCH3 is 1. The fourth-order valence-corrected chi connectivity index (χ4v) is 6.88. The Kier molecular flexibility index (Phi) is 12.1. The SMILES string of the molecule is CNC(=O)c1ccccc1Nc1nc(N(CCOS(N)(=O)=O)c2ccc3c(c2OC)CCCC(N2CCN(CCO)CC2)C3)ncc1Cl. The lowest BCUT2D eigenvalue weighted by molar-refractivity contribution is 0.0805. The lowest BCUT2D eigenvalue weighted by Crippen LogP contribution is -2.51. The highest BCUT2D eigenvalue weighted by atomic mass is 35.5. The number of hydrogen-bond acceptors (Lipinski definition) is 12. The number of nitrogens with one attached hydrogen (secondary N) is 2. The number of benzene rings is 2. The maximum atomic E-state index is 12.5. The summed E-state index contributed by atoms with van der Waals surface area (Å²) >= 11 is 6.53. The standard InChI is InChI=1S/C32H43ClN8O6S/c1-35-31(43)25-7-3-4-9-27(25)37-30-26(33)21-36-32(38-30)41(17-19-47-48(34,44)45)28-11-10-22-20-23(6-5-8-24(22)29(28)46-2)40-14-12-39(13-15-40)16-18-42/h3-4,7,9-11,21,23,42H,5-6,8,12-20H2,1-2H3,(H,35,43)(H2,34,44,45)(H,36,37,38). The zero-order chi connectivity index (χ0) is 34.3. The summed E-state index contributed by atoms with van der Waals surface area (Å²) in [5, 5.41) is 20.5. The van der Waals surface area contributed by atoms with E-state index in [0.29, 0.717) is 35.3 Å². The number of β-amino-alcohol motifs (C(OH)–C–C–N with tert-alkyl or cyclic N) is 1. The molecule has 0 spiro atoms. The number of halogens is 1. The van der Waals surface area contributed by atoms with Gasteiger partial charge in [0, 0.05) is 45.8 Å². The van der Waals surface area contributed by atoms with Crippen LogP contribution in [-0.2, 0) is 27.3 Å². The molecular formula is C32H43ClN8O6S. The molecule has 260 valence electrons. The molecule has 5 N–H and O–H groups in total. The largest absolute Gasteiger partial charge is 0.494 e. The maximum Gasteiger partial charge on any atom is 0.333 e. The number of nitrogens with zero attached hydrogens (tertiary/aromatic N) is 5. The van der Waals surface area contributed by atoms with Crippen LogP contribution in [-0.4, -0.2) is 112 Å². The molecule has 14 nitrogen and oxygen atoms in total. The van der Waals surface area contributed by atoms with E-state index in [0.717, 1.165) is 57.4 Å². The number of fused-ring (bicyclic) bond motifs is 1. The zero-order valence-corrected chi connectivity index (χ0v) is 28.8. The second-order valence-corrected chi connectivity index (χ2v) is 13.3. The molecular weight excluding hydrogens is 660 g/mol. The van der Waals surface area contributed by atoms with Gasteiger partial charge in [0.1, 0.15) is 10.8 Å². The van der Waals surface area contributed by atoms with Gasteiger partial charge in [-0.2, -0.15) is 13.4 Å². The minimum atomic E-state index is -4.20. The van der Waals surface area contributed by atoms with Crippen LogP contribution in [0.25, 0.3) is 0 Å². The Morgan fingerprint density at radius 2 is 1.96 bits per heavy atom. The summed E-state index contributed by atoms with van der Waals surface area (Å²) in [5.74, 6) is 0.801. The number of hydrogen-bond donors (Lipinski definition) is 4. The summed E-state index contributed by atoms with van der Waals surface area (Å²) in [4.78, 5) is 28.3. The van der Waals surface area contributed by atoms with Crippen molar-refractivity contribution in [1.82, 2.24) is 25.1 Å². The van der Waals surface area contributed by atoms with Crippen LogP contribution >= 0.6 is 11.6 Å². The summed E-state index contributed by atoms with van der Waals surface area (Å²) in [7, 11) is -1.04. The number of carbonyl (C=O) groups is 1. The van der Waals surface area contributed by atoms with E-state index in [4.69, 9.17) is 30.6 Å². The number of anilines is 4. The van der Waals surface area contributed by atoms with Gasteiger partial charge in [0.05, 0.1) is 50.0 Å². The highest BCUT2D eigenvalue weighted by Crippen LogP contribution is 2.41. The van der Waals surface area contributed by atoms with Gasteiger partial charge in [0.15, 0.2) is 5.82 Å². The highest BCUT2D eigenvalue weighted by molar-refractivity contribution is 7.84. The first kappa shape index (κ1) is 35.7.